The maximum Gasteiger partial charge on any atom is 0.224 e. The van der Waals surface area contributed by atoms with Crippen molar-refractivity contribution >= 4 is 5.91 Å². The van der Waals surface area contributed by atoms with Crippen LogP contribution in [0.25, 0.3) is 0 Å². The lowest BCUT2D eigenvalue weighted by molar-refractivity contribution is -0.133. The minimum absolute atomic E-state index is 0.0343. The van der Waals surface area contributed by atoms with Crippen molar-refractivity contribution in [2.45, 2.75) is 37.8 Å². The van der Waals surface area contributed by atoms with Gasteiger partial charge in [0.15, 0.2) is 0 Å². The Morgan fingerprint density at radius 2 is 1.77 bits per heavy atom. The van der Waals surface area contributed by atoms with Crippen molar-refractivity contribution in [3.63, 3.8) is 0 Å². The second-order valence-corrected chi connectivity index (χ2v) is 6.77. The summed E-state index contributed by atoms with van der Waals surface area (Å²) in [4.78, 5) is 14.3. The summed E-state index contributed by atoms with van der Waals surface area (Å²) in [6.07, 6.45) is 2.35. The SMILES string of the molecule is N[C@@H](CC(=O)N1CCC(Oc2ccccc2)CC1)Cc1ccccc1F. The van der Waals surface area contributed by atoms with Gasteiger partial charge in [-0.05, 0) is 30.2 Å². The van der Waals surface area contributed by atoms with E-state index in [2.05, 4.69) is 0 Å². The standard InChI is InChI=1S/C21H25FN2O2/c22-20-9-5-4-6-16(20)14-17(23)15-21(25)24-12-10-19(11-13-24)26-18-7-2-1-3-8-18/h1-9,17,19H,10-15,23H2/t17-/m1/s1. The zero-order valence-corrected chi connectivity index (χ0v) is 14.8. The fraction of sp³-hybridized carbons (Fsp3) is 0.381. The highest BCUT2D eigenvalue weighted by atomic mass is 19.1. The first-order valence-corrected chi connectivity index (χ1v) is 9.10. The Kier molecular flexibility index (Phi) is 6.23. The number of piperidine rings is 1. The normalized spacial score (nSPS) is 16.3. The Labute approximate surface area is 153 Å². The first-order chi connectivity index (χ1) is 12.6. The van der Waals surface area contributed by atoms with E-state index in [1.165, 1.54) is 6.07 Å². The fourth-order valence-electron chi connectivity index (χ4n) is 3.29. The molecule has 1 aliphatic heterocycles. The Morgan fingerprint density at radius 1 is 1.12 bits per heavy atom. The van der Waals surface area contributed by atoms with Gasteiger partial charge in [-0.25, -0.2) is 4.39 Å². The summed E-state index contributed by atoms with van der Waals surface area (Å²) in [6, 6.07) is 15.9. The highest BCUT2D eigenvalue weighted by molar-refractivity contribution is 5.77. The largest absolute Gasteiger partial charge is 0.490 e. The predicted octanol–water partition coefficient (Wildman–Crippen LogP) is 3.16. The molecule has 26 heavy (non-hydrogen) atoms. The van der Waals surface area contributed by atoms with Crippen molar-refractivity contribution < 1.29 is 13.9 Å². The number of halogens is 1. The quantitative estimate of drug-likeness (QED) is 0.865. The Hall–Kier alpha value is -2.40. The number of nitrogens with zero attached hydrogens (tertiary/aromatic N) is 1. The van der Waals surface area contributed by atoms with Gasteiger partial charge < -0.3 is 15.4 Å². The van der Waals surface area contributed by atoms with Crippen LogP contribution in [0.15, 0.2) is 54.6 Å². The summed E-state index contributed by atoms with van der Waals surface area (Å²) in [7, 11) is 0. The van der Waals surface area contributed by atoms with Gasteiger partial charge in [-0.2, -0.15) is 0 Å². The zero-order chi connectivity index (χ0) is 18.4. The first-order valence-electron chi connectivity index (χ1n) is 9.10. The monoisotopic (exact) mass is 356 g/mol. The minimum Gasteiger partial charge on any atom is -0.490 e. The third-order valence-electron chi connectivity index (χ3n) is 4.72. The van der Waals surface area contributed by atoms with E-state index in [1.54, 1.807) is 18.2 Å². The van der Waals surface area contributed by atoms with E-state index in [-0.39, 0.29) is 30.3 Å². The number of hydrogen-bond donors (Lipinski definition) is 1. The molecule has 2 N–H and O–H groups in total. The van der Waals surface area contributed by atoms with E-state index in [0.717, 1.165) is 18.6 Å². The average Bonchev–Trinajstić information content (AvgIpc) is 2.65. The molecular weight excluding hydrogens is 331 g/mol. The fourth-order valence-corrected chi connectivity index (χ4v) is 3.29. The van der Waals surface area contributed by atoms with Gasteiger partial charge in [-0.3, -0.25) is 4.79 Å². The van der Waals surface area contributed by atoms with Crippen LogP contribution in [0.5, 0.6) is 5.75 Å². The molecule has 0 bridgehead atoms. The minimum atomic E-state index is -0.377. The van der Waals surface area contributed by atoms with E-state index >= 15 is 0 Å². The van der Waals surface area contributed by atoms with Crippen molar-refractivity contribution in [2.75, 3.05) is 13.1 Å². The molecule has 1 fully saturated rings. The molecule has 1 atom stereocenters. The molecule has 2 aromatic rings. The highest BCUT2D eigenvalue weighted by Crippen LogP contribution is 2.19. The summed E-state index contributed by atoms with van der Waals surface area (Å²) in [5.41, 5.74) is 6.63. The third kappa shape index (κ3) is 5.05. The van der Waals surface area contributed by atoms with Gasteiger partial charge in [0, 0.05) is 38.4 Å². The van der Waals surface area contributed by atoms with Crippen molar-refractivity contribution in [3.05, 3.63) is 66.0 Å². The Morgan fingerprint density at radius 3 is 2.46 bits per heavy atom. The number of nitrogens with two attached hydrogens (primary N) is 1. The molecule has 138 valence electrons. The molecular formula is C21H25FN2O2. The number of carbonyl (C=O) groups is 1. The number of hydrogen-bond acceptors (Lipinski definition) is 3. The maximum atomic E-state index is 13.7. The van der Waals surface area contributed by atoms with Crippen molar-refractivity contribution in [3.8, 4) is 5.75 Å². The van der Waals surface area contributed by atoms with Gasteiger partial charge in [0.05, 0.1) is 0 Å². The maximum absolute atomic E-state index is 13.7. The average molecular weight is 356 g/mol. The van der Waals surface area contributed by atoms with Crippen LogP contribution in [0.1, 0.15) is 24.8 Å². The van der Waals surface area contributed by atoms with Crippen LogP contribution in [0.2, 0.25) is 0 Å². The van der Waals surface area contributed by atoms with Crippen LogP contribution >= 0.6 is 0 Å². The predicted molar refractivity (Wildman–Crippen MR) is 99.4 cm³/mol. The summed E-state index contributed by atoms with van der Waals surface area (Å²) in [5, 5.41) is 0. The van der Waals surface area contributed by atoms with Crippen molar-refractivity contribution in [1.82, 2.24) is 4.90 Å². The summed E-state index contributed by atoms with van der Waals surface area (Å²) < 4.78 is 19.7. The number of para-hydroxylation sites is 1. The molecule has 0 spiro atoms. The van der Waals surface area contributed by atoms with Gasteiger partial charge in [0.25, 0.3) is 0 Å². The third-order valence-corrected chi connectivity index (χ3v) is 4.72. The van der Waals surface area contributed by atoms with Gasteiger partial charge in [-0.15, -0.1) is 0 Å². The first kappa shape index (κ1) is 18.4. The molecule has 2 aromatic carbocycles. The number of amides is 1. The smallest absolute Gasteiger partial charge is 0.224 e. The second-order valence-electron chi connectivity index (χ2n) is 6.77. The van der Waals surface area contributed by atoms with Crippen molar-refractivity contribution in [2.24, 2.45) is 5.73 Å². The van der Waals surface area contributed by atoms with E-state index in [0.29, 0.717) is 25.1 Å². The molecule has 5 heteroatoms. The second kappa shape index (κ2) is 8.81. The molecule has 1 aliphatic rings. The van der Waals surface area contributed by atoms with E-state index in [1.807, 2.05) is 35.2 Å². The number of carbonyl (C=O) groups excluding carboxylic acids is 1. The summed E-state index contributed by atoms with van der Waals surface area (Å²) >= 11 is 0. The lowest BCUT2D eigenvalue weighted by atomic mass is 10.0. The van der Waals surface area contributed by atoms with Gasteiger partial charge in [-0.1, -0.05) is 36.4 Å². The lowest BCUT2D eigenvalue weighted by Gasteiger charge is -2.32. The number of rotatable bonds is 6. The molecule has 1 heterocycles. The van der Waals surface area contributed by atoms with Crippen LogP contribution < -0.4 is 10.5 Å². The van der Waals surface area contributed by atoms with Crippen LogP contribution in [0, 0.1) is 5.82 Å². The summed E-state index contributed by atoms with van der Waals surface area (Å²) in [5.74, 6) is 0.630. The lowest BCUT2D eigenvalue weighted by Crippen LogP contribution is -2.43. The molecule has 0 unspecified atom stereocenters. The molecule has 3 rings (SSSR count). The van der Waals surface area contributed by atoms with Crippen molar-refractivity contribution in [1.29, 1.82) is 0 Å². The number of likely N-dealkylation sites (tertiary alicyclic amines) is 1. The van der Waals surface area contributed by atoms with Gasteiger partial charge in [0.1, 0.15) is 17.7 Å². The summed E-state index contributed by atoms with van der Waals surface area (Å²) in [6.45, 7) is 1.34. The molecule has 0 radical (unpaired) electrons. The zero-order valence-electron chi connectivity index (χ0n) is 14.8. The molecule has 0 saturated carbocycles. The van der Waals surface area contributed by atoms with Crippen LogP contribution in [0.3, 0.4) is 0 Å². The van der Waals surface area contributed by atoms with Gasteiger partial charge in [0.2, 0.25) is 5.91 Å². The van der Waals surface area contributed by atoms with E-state index in [9.17, 15) is 9.18 Å². The number of benzene rings is 2. The number of ether oxygens (including phenoxy) is 1. The molecule has 1 saturated heterocycles. The van der Waals surface area contributed by atoms with E-state index < -0.39 is 0 Å². The molecule has 4 nitrogen and oxygen atoms in total. The van der Waals surface area contributed by atoms with E-state index in [4.69, 9.17) is 10.5 Å². The highest BCUT2D eigenvalue weighted by Gasteiger charge is 2.25. The van der Waals surface area contributed by atoms with Crippen LogP contribution in [-0.4, -0.2) is 36.0 Å². The molecule has 1 amide bonds. The van der Waals surface area contributed by atoms with Crippen LogP contribution in [-0.2, 0) is 11.2 Å². The topological polar surface area (TPSA) is 55.6 Å². The van der Waals surface area contributed by atoms with Gasteiger partial charge >= 0.3 is 0 Å². The van der Waals surface area contributed by atoms with Crippen LogP contribution in [0.4, 0.5) is 4.39 Å². The Bertz CT molecular complexity index is 715. The molecule has 0 aromatic heterocycles. The Balaban J connectivity index is 1.44. The molecule has 0 aliphatic carbocycles.